The average Bonchev–Trinajstić information content (AvgIpc) is 1.82. The van der Waals surface area contributed by atoms with Crippen molar-refractivity contribution in [3.63, 3.8) is 0 Å². The second kappa shape index (κ2) is 9.75. The number of carbonyl (C=O) groups is 3. The van der Waals surface area contributed by atoms with Crippen LogP contribution < -0.4 is 0 Å². The van der Waals surface area contributed by atoms with Crippen LogP contribution in [0.15, 0.2) is 0 Å². The van der Waals surface area contributed by atoms with Crippen molar-refractivity contribution in [3.8, 4) is 0 Å². The summed E-state index contributed by atoms with van der Waals surface area (Å²) in [6.45, 7) is 0. The summed E-state index contributed by atoms with van der Waals surface area (Å²) in [5, 5.41) is 33.8. The van der Waals surface area contributed by atoms with Gasteiger partial charge in [-0.15, -0.1) is 0 Å². The summed E-state index contributed by atoms with van der Waals surface area (Å²) in [5.41, 5.74) is -2.74. The Balaban J connectivity index is -0.000000240. The first-order valence-electron chi connectivity index (χ1n) is 3.17. The van der Waals surface area contributed by atoms with Gasteiger partial charge in [0.05, 0.1) is 12.8 Å². The van der Waals surface area contributed by atoms with E-state index in [1.54, 1.807) is 0 Å². The standard InChI is InChI=1S/C6H8O7.Ca.2H2O/c7-3(8)1-6(13,5(11)12)2-4(9)10;;;/h13H,1-2H2,(H,7,8)(H,9,10)(H,11,12);;2*1H2/q;+2;;. The maximum atomic E-state index is 10.3. The molecule has 0 aliphatic carbocycles. The maximum Gasteiger partial charge on any atom is 2.00 e. The fraction of sp³-hybridized carbons (Fsp3) is 0.500. The van der Waals surface area contributed by atoms with E-state index in [4.69, 9.17) is 20.4 Å². The molecule has 8 N–H and O–H groups in total. The summed E-state index contributed by atoms with van der Waals surface area (Å²) >= 11 is 0. The van der Waals surface area contributed by atoms with Gasteiger partial charge in [-0.2, -0.15) is 0 Å². The van der Waals surface area contributed by atoms with E-state index >= 15 is 0 Å². The van der Waals surface area contributed by atoms with Crippen molar-refractivity contribution in [1.82, 2.24) is 0 Å². The van der Waals surface area contributed by atoms with E-state index in [0.717, 1.165) is 0 Å². The molecule has 0 aromatic heterocycles. The van der Waals surface area contributed by atoms with E-state index in [9.17, 15) is 14.4 Å². The predicted molar refractivity (Wildman–Crippen MR) is 50.1 cm³/mol. The van der Waals surface area contributed by atoms with Crippen molar-refractivity contribution < 1.29 is 45.8 Å². The van der Waals surface area contributed by atoms with Gasteiger partial charge in [-0.3, -0.25) is 9.59 Å². The van der Waals surface area contributed by atoms with Gasteiger partial charge in [0.2, 0.25) is 0 Å². The third-order valence-corrected chi connectivity index (χ3v) is 1.29. The first-order chi connectivity index (χ1) is 5.78. The Hall–Kier alpha value is -0.450. The number of hydrogen-bond donors (Lipinski definition) is 4. The molecule has 0 aliphatic heterocycles. The van der Waals surface area contributed by atoms with Gasteiger partial charge in [-0.1, -0.05) is 0 Å². The summed E-state index contributed by atoms with van der Waals surface area (Å²) in [4.78, 5) is 30.5. The molecule has 16 heavy (non-hydrogen) atoms. The predicted octanol–water partition coefficient (Wildman–Crippen LogP) is -3.28. The first kappa shape index (κ1) is 24.7. The Morgan fingerprint density at radius 1 is 0.875 bits per heavy atom. The minimum atomic E-state index is -2.74. The van der Waals surface area contributed by atoms with Crippen molar-refractivity contribution in [3.05, 3.63) is 0 Å². The smallest absolute Gasteiger partial charge is 0.481 e. The van der Waals surface area contributed by atoms with Crippen LogP contribution in [-0.4, -0.2) is 92.6 Å². The fourth-order valence-electron chi connectivity index (χ4n) is 0.714. The zero-order valence-electron chi connectivity index (χ0n) is 8.13. The zero-order valence-corrected chi connectivity index (χ0v) is 10.3. The van der Waals surface area contributed by atoms with Gasteiger partial charge >= 0.3 is 55.6 Å². The SMILES string of the molecule is O.O.O=C(O)CC(O)(CC(=O)O)C(=O)O.[Ca+2]. The molecule has 0 fully saturated rings. The summed E-state index contributed by atoms with van der Waals surface area (Å²) < 4.78 is 0. The molecule has 0 bridgehead atoms. The van der Waals surface area contributed by atoms with Crippen LogP contribution in [0.3, 0.4) is 0 Å². The quantitative estimate of drug-likeness (QED) is 0.375. The van der Waals surface area contributed by atoms with Crippen molar-refractivity contribution in [1.29, 1.82) is 0 Å². The summed E-state index contributed by atoms with van der Waals surface area (Å²) in [5.74, 6) is -5.02. The largest absolute Gasteiger partial charge is 2.00 e. The molecule has 0 unspecified atom stereocenters. The molecule has 0 aromatic carbocycles. The van der Waals surface area contributed by atoms with Gasteiger partial charge in [0.25, 0.3) is 0 Å². The molecule has 0 aromatic rings. The van der Waals surface area contributed by atoms with E-state index in [1.807, 2.05) is 0 Å². The normalized spacial score (nSPS) is 8.81. The van der Waals surface area contributed by atoms with E-state index in [1.165, 1.54) is 0 Å². The molecule has 90 valence electrons. The van der Waals surface area contributed by atoms with Crippen LogP contribution in [0.2, 0.25) is 0 Å². The van der Waals surface area contributed by atoms with Crippen LogP contribution in [0.25, 0.3) is 0 Å². The molecule has 10 heteroatoms. The van der Waals surface area contributed by atoms with Crippen LogP contribution in [0, 0.1) is 0 Å². The van der Waals surface area contributed by atoms with Gasteiger partial charge in [0.15, 0.2) is 5.60 Å². The van der Waals surface area contributed by atoms with Gasteiger partial charge in [0.1, 0.15) is 0 Å². The van der Waals surface area contributed by atoms with E-state index < -0.39 is 36.4 Å². The van der Waals surface area contributed by atoms with Crippen molar-refractivity contribution >= 4 is 55.6 Å². The van der Waals surface area contributed by atoms with Gasteiger partial charge < -0.3 is 31.4 Å². The number of carboxylic acids is 3. The summed E-state index contributed by atoms with van der Waals surface area (Å²) in [7, 11) is 0. The molecule has 0 atom stereocenters. The van der Waals surface area contributed by atoms with Crippen LogP contribution in [0.1, 0.15) is 12.8 Å². The average molecular weight is 268 g/mol. The molecule has 0 heterocycles. The third kappa shape index (κ3) is 8.83. The Morgan fingerprint density at radius 2 is 1.12 bits per heavy atom. The van der Waals surface area contributed by atoms with Crippen molar-refractivity contribution in [2.75, 3.05) is 0 Å². The first-order valence-corrected chi connectivity index (χ1v) is 3.17. The van der Waals surface area contributed by atoms with E-state index in [-0.39, 0.29) is 48.7 Å². The van der Waals surface area contributed by atoms with Crippen molar-refractivity contribution in [2.24, 2.45) is 0 Å². The summed E-state index contributed by atoms with van der Waals surface area (Å²) in [6.07, 6.45) is -2.29. The zero-order chi connectivity index (χ0) is 10.6. The second-order valence-electron chi connectivity index (χ2n) is 2.48. The molecule has 0 saturated carbocycles. The summed E-state index contributed by atoms with van der Waals surface area (Å²) in [6, 6.07) is 0. The third-order valence-electron chi connectivity index (χ3n) is 1.29. The molecule has 0 amide bonds. The molecule has 0 aliphatic rings. The van der Waals surface area contributed by atoms with Gasteiger partial charge in [-0.05, 0) is 0 Å². The maximum absolute atomic E-state index is 10.3. The molecule has 0 saturated heterocycles. The Bertz CT molecular complexity index is 234. The minimum absolute atomic E-state index is 0. The number of hydrogen-bond acceptors (Lipinski definition) is 4. The van der Waals surface area contributed by atoms with Crippen molar-refractivity contribution in [2.45, 2.75) is 18.4 Å². The Kier molecular flexibility index (Phi) is 15.0. The fourth-order valence-corrected chi connectivity index (χ4v) is 0.714. The van der Waals surface area contributed by atoms with Crippen LogP contribution in [-0.2, 0) is 14.4 Å². The monoisotopic (exact) mass is 268 g/mol. The van der Waals surface area contributed by atoms with Gasteiger partial charge in [0, 0.05) is 0 Å². The number of rotatable bonds is 5. The number of aliphatic carboxylic acids is 3. The topological polar surface area (TPSA) is 195 Å². The molecule has 0 spiro atoms. The number of aliphatic hydroxyl groups is 1. The Labute approximate surface area is 119 Å². The molecule has 0 radical (unpaired) electrons. The van der Waals surface area contributed by atoms with E-state index in [2.05, 4.69) is 0 Å². The molecular weight excluding hydrogens is 256 g/mol. The minimum Gasteiger partial charge on any atom is -0.481 e. The molecular formula is C6H12CaO9+2. The molecule has 9 nitrogen and oxygen atoms in total. The van der Waals surface area contributed by atoms with Crippen LogP contribution >= 0.6 is 0 Å². The van der Waals surface area contributed by atoms with Gasteiger partial charge in [-0.25, -0.2) is 4.79 Å². The van der Waals surface area contributed by atoms with E-state index in [0.29, 0.717) is 0 Å². The van der Waals surface area contributed by atoms with Crippen LogP contribution in [0.5, 0.6) is 0 Å². The Morgan fingerprint density at radius 3 is 1.25 bits per heavy atom. The van der Waals surface area contributed by atoms with Crippen LogP contribution in [0.4, 0.5) is 0 Å². The number of carboxylic acid groups (broad SMARTS) is 3. The molecule has 0 rings (SSSR count). The second-order valence-corrected chi connectivity index (χ2v) is 2.48.